The molecule has 9 heteroatoms. The van der Waals surface area contributed by atoms with Crippen molar-refractivity contribution in [1.82, 2.24) is 15.3 Å². The van der Waals surface area contributed by atoms with Gasteiger partial charge in [-0.05, 0) is 55.2 Å². The summed E-state index contributed by atoms with van der Waals surface area (Å²) in [5, 5.41) is -0.107. The minimum Gasteiger partial charge on any atom is -0.323 e. The molecular formula is C24H26Cl2FN3O3. The molecular weight excluding hydrogens is 468 g/mol. The lowest BCUT2D eigenvalue weighted by atomic mass is 9.87. The van der Waals surface area contributed by atoms with E-state index in [1.807, 2.05) is 32.9 Å². The van der Waals surface area contributed by atoms with Crippen molar-refractivity contribution in [3.8, 4) is 0 Å². The van der Waals surface area contributed by atoms with E-state index in [0.29, 0.717) is 30.8 Å². The van der Waals surface area contributed by atoms with Gasteiger partial charge in [0.25, 0.3) is 5.91 Å². The Balaban J connectivity index is 1.50. The van der Waals surface area contributed by atoms with E-state index >= 15 is 0 Å². The summed E-state index contributed by atoms with van der Waals surface area (Å²) >= 11 is 11.9. The predicted molar refractivity (Wildman–Crippen MR) is 124 cm³/mol. The molecule has 2 saturated heterocycles. The van der Waals surface area contributed by atoms with Gasteiger partial charge in [-0.1, -0.05) is 42.3 Å². The second kappa shape index (κ2) is 9.22. The molecule has 2 aromatic rings. The predicted octanol–water partition coefficient (Wildman–Crippen LogP) is 4.97. The van der Waals surface area contributed by atoms with Crippen LogP contribution in [-0.4, -0.2) is 41.4 Å². The quantitative estimate of drug-likeness (QED) is 0.597. The van der Waals surface area contributed by atoms with Crippen LogP contribution >= 0.6 is 23.2 Å². The SMILES string of the molecule is CCCN1CN(C(=O)c2ccc(C3CC(C)(c4cc(Cl)c(F)c(Cl)c4)ON3)cc2C)CC1=O. The topological polar surface area (TPSA) is 61.9 Å². The summed E-state index contributed by atoms with van der Waals surface area (Å²) in [6.07, 6.45) is 1.41. The van der Waals surface area contributed by atoms with E-state index in [2.05, 4.69) is 5.48 Å². The van der Waals surface area contributed by atoms with Gasteiger partial charge in [0.1, 0.15) is 12.1 Å². The fourth-order valence-electron chi connectivity index (χ4n) is 4.41. The number of hydrogen-bond donors (Lipinski definition) is 1. The van der Waals surface area contributed by atoms with Crippen molar-refractivity contribution < 1.29 is 18.8 Å². The number of benzene rings is 2. The van der Waals surface area contributed by atoms with Gasteiger partial charge >= 0.3 is 0 Å². The molecule has 0 aliphatic carbocycles. The van der Waals surface area contributed by atoms with E-state index in [-0.39, 0.29) is 34.4 Å². The number of aryl methyl sites for hydroxylation is 1. The summed E-state index contributed by atoms with van der Waals surface area (Å²) < 4.78 is 13.8. The number of hydrogen-bond acceptors (Lipinski definition) is 4. The van der Waals surface area contributed by atoms with Gasteiger partial charge < -0.3 is 9.80 Å². The zero-order valence-electron chi connectivity index (χ0n) is 18.8. The molecule has 6 nitrogen and oxygen atoms in total. The van der Waals surface area contributed by atoms with Crippen molar-refractivity contribution in [3.05, 3.63) is 68.4 Å². The monoisotopic (exact) mass is 493 g/mol. The van der Waals surface area contributed by atoms with Crippen LogP contribution in [0.2, 0.25) is 10.0 Å². The maximum atomic E-state index is 13.8. The first-order chi connectivity index (χ1) is 15.6. The summed E-state index contributed by atoms with van der Waals surface area (Å²) in [5.74, 6) is -0.823. The van der Waals surface area contributed by atoms with Crippen LogP contribution < -0.4 is 5.48 Å². The molecule has 2 aromatic carbocycles. The van der Waals surface area contributed by atoms with E-state index < -0.39 is 11.4 Å². The molecule has 0 saturated carbocycles. The Morgan fingerprint density at radius 1 is 1.27 bits per heavy atom. The number of carbonyl (C=O) groups excluding carboxylic acids is 2. The number of halogens is 3. The summed E-state index contributed by atoms with van der Waals surface area (Å²) in [4.78, 5) is 34.3. The number of nitrogens with one attached hydrogen (secondary N) is 1. The largest absolute Gasteiger partial charge is 0.323 e. The van der Waals surface area contributed by atoms with Crippen LogP contribution in [0.4, 0.5) is 4.39 Å². The van der Waals surface area contributed by atoms with Crippen LogP contribution in [0.25, 0.3) is 0 Å². The van der Waals surface area contributed by atoms with Crippen LogP contribution in [0, 0.1) is 12.7 Å². The van der Waals surface area contributed by atoms with Crippen molar-refractivity contribution in [2.24, 2.45) is 0 Å². The standard InChI is InChI=1S/C24H26Cl2FN3O3/c1-4-7-29-13-30(12-21(29)31)23(32)17-6-5-15(8-14(17)2)20-11-24(3,33-28-20)16-9-18(25)22(27)19(26)10-16/h5-6,8-10,20,28H,4,7,11-13H2,1-3H3. The summed E-state index contributed by atoms with van der Waals surface area (Å²) in [6, 6.07) is 8.54. The molecule has 0 bridgehead atoms. The van der Waals surface area contributed by atoms with Crippen molar-refractivity contribution in [3.63, 3.8) is 0 Å². The lowest BCUT2D eigenvalue weighted by molar-refractivity contribution is -0.126. The highest BCUT2D eigenvalue weighted by atomic mass is 35.5. The van der Waals surface area contributed by atoms with Crippen LogP contribution in [-0.2, 0) is 15.2 Å². The molecule has 0 aromatic heterocycles. The average molecular weight is 494 g/mol. The van der Waals surface area contributed by atoms with E-state index in [1.165, 1.54) is 12.1 Å². The van der Waals surface area contributed by atoms with Gasteiger partial charge in [-0.15, -0.1) is 0 Å². The smallest absolute Gasteiger partial charge is 0.256 e. The van der Waals surface area contributed by atoms with Crippen LogP contribution in [0.3, 0.4) is 0 Å². The molecule has 2 heterocycles. The fraction of sp³-hybridized carbons (Fsp3) is 0.417. The Bertz CT molecular complexity index is 1090. The Morgan fingerprint density at radius 2 is 1.97 bits per heavy atom. The molecule has 2 aliphatic heterocycles. The number of carbonyl (C=O) groups is 2. The molecule has 0 radical (unpaired) electrons. The van der Waals surface area contributed by atoms with Gasteiger partial charge in [-0.3, -0.25) is 14.4 Å². The van der Waals surface area contributed by atoms with Crippen LogP contribution in [0.15, 0.2) is 30.3 Å². The third-order valence-corrected chi connectivity index (χ3v) is 6.85. The highest BCUT2D eigenvalue weighted by molar-refractivity contribution is 6.35. The Labute approximate surface area is 202 Å². The number of hydroxylamine groups is 1. The second-order valence-corrected chi connectivity index (χ2v) is 9.65. The van der Waals surface area contributed by atoms with Gasteiger partial charge in [0.2, 0.25) is 5.91 Å². The van der Waals surface area contributed by atoms with E-state index in [0.717, 1.165) is 17.5 Å². The molecule has 1 N–H and O–H groups in total. The minimum absolute atomic E-state index is 0.0212. The average Bonchev–Trinajstić information content (AvgIpc) is 3.35. The van der Waals surface area contributed by atoms with E-state index in [1.54, 1.807) is 15.9 Å². The van der Waals surface area contributed by atoms with E-state index in [4.69, 9.17) is 28.0 Å². The molecule has 2 fully saturated rings. The highest BCUT2D eigenvalue weighted by Gasteiger charge is 2.40. The molecule has 176 valence electrons. The molecule has 2 atom stereocenters. The number of nitrogens with zero attached hydrogens (tertiary/aromatic N) is 2. The Kier molecular flexibility index (Phi) is 6.69. The maximum Gasteiger partial charge on any atom is 0.256 e. The second-order valence-electron chi connectivity index (χ2n) is 8.84. The first kappa shape index (κ1) is 24.0. The summed E-state index contributed by atoms with van der Waals surface area (Å²) in [6.45, 7) is 6.86. The van der Waals surface area contributed by atoms with E-state index in [9.17, 15) is 14.0 Å². The Hall–Kier alpha value is -2.19. The zero-order chi connectivity index (χ0) is 23.9. The van der Waals surface area contributed by atoms with Gasteiger partial charge in [0.15, 0.2) is 5.82 Å². The lowest BCUT2D eigenvalue weighted by Crippen LogP contribution is -2.32. The fourth-order valence-corrected chi connectivity index (χ4v) is 4.90. The summed E-state index contributed by atoms with van der Waals surface area (Å²) in [5.41, 5.74) is 5.31. The van der Waals surface area contributed by atoms with Crippen LogP contribution in [0.1, 0.15) is 59.8 Å². The third-order valence-electron chi connectivity index (χ3n) is 6.30. The lowest BCUT2D eigenvalue weighted by Gasteiger charge is -2.23. The molecule has 2 aliphatic rings. The summed E-state index contributed by atoms with van der Waals surface area (Å²) in [7, 11) is 0. The van der Waals surface area contributed by atoms with Gasteiger partial charge in [-0.2, -0.15) is 5.48 Å². The van der Waals surface area contributed by atoms with Crippen molar-refractivity contribution in [1.29, 1.82) is 0 Å². The first-order valence-electron chi connectivity index (χ1n) is 10.9. The molecule has 2 amide bonds. The molecule has 4 rings (SSSR count). The molecule has 2 unspecified atom stereocenters. The minimum atomic E-state index is -0.757. The van der Waals surface area contributed by atoms with Crippen molar-refractivity contribution in [2.45, 2.75) is 45.3 Å². The zero-order valence-corrected chi connectivity index (χ0v) is 20.3. The van der Waals surface area contributed by atoms with Crippen LogP contribution in [0.5, 0.6) is 0 Å². The van der Waals surface area contributed by atoms with Gasteiger partial charge in [-0.25, -0.2) is 4.39 Å². The van der Waals surface area contributed by atoms with Gasteiger partial charge in [0.05, 0.1) is 22.8 Å². The first-order valence-corrected chi connectivity index (χ1v) is 11.6. The maximum absolute atomic E-state index is 13.8. The van der Waals surface area contributed by atoms with Crippen molar-refractivity contribution in [2.75, 3.05) is 19.8 Å². The molecule has 0 spiro atoms. The number of rotatable bonds is 5. The van der Waals surface area contributed by atoms with Crippen molar-refractivity contribution >= 4 is 35.0 Å². The number of amides is 2. The third kappa shape index (κ3) is 4.60. The Morgan fingerprint density at radius 3 is 2.61 bits per heavy atom. The molecule has 33 heavy (non-hydrogen) atoms. The highest BCUT2D eigenvalue weighted by Crippen LogP contribution is 2.42. The normalized spacial score (nSPS) is 23.0. The van der Waals surface area contributed by atoms with Gasteiger partial charge in [0, 0.05) is 18.5 Å².